The summed E-state index contributed by atoms with van der Waals surface area (Å²) in [7, 11) is 0. The van der Waals surface area contributed by atoms with E-state index in [1.54, 1.807) is 0 Å². The maximum absolute atomic E-state index is 3.69. The highest BCUT2D eigenvalue weighted by Crippen LogP contribution is 2.27. The number of hydrogen-bond donors (Lipinski definition) is 1. The highest BCUT2D eigenvalue weighted by Gasteiger charge is 2.27. The molecule has 19 heavy (non-hydrogen) atoms. The van der Waals surface area contributed by atoms with Gasteiger partial charge in [-0.1, -0.05) is 42.3 Å². The van der Waals surface area contributed by atoms with E-state index in [1.807, 2.05) is 0 Å². The van der Waals surface area contributed by atoms with Crippen molar-refractivity contribution in [3.63, 3.8) is 0 Å². The normalized spacial score (nSPS) is 25.4. The van der Waals surface area contributed by atoms with E-state index < -0.39 is 0 Å². The van der Waals surface area contributed by atoms with Crippen LogP contribution < -0.4 is 10.2 Å². The largest absolute Gasteiger partial charge is 0.366 e. The number of nitrogens with one attached hydrogen (secondary N) is 1. The fourth-order valence-electron chi connectivity index (χ4n) is 2.67. The average Bonchev–Trinajstić information content (AvgIpc) is 2.41. The molecular weight excluding hydrogens is 300 g/mol. The van der Waals surface area contributed by atoms with Crippen molar-refractivity contribution in [1.29, 1.82) is 0 Å². The molecule has 0 radical (unpaired) electrons. The van der Waals surface area contributed by atoms with Gasteiger partial charge in [0.25, 0.3) is 0 Å². The van der Waals surface area contributed by atoms with E-state index in [1.165, 1.54) is 22.1 Å². The summed E-state index contributed by atoms with van der Waals surface area (Å²) in [6.07, 6.45) is 1.23. The molecule has 0 aliphatic carbocycles. The fraction of sp³-hybridized carbons (Fsp3) is 0.625. The first-order chi connectivity index (χ1) is 9.02. The summed E-state index contributed by atoms with van der Waals surface area (Å²) in [4.78, 5) is 2.54. The number of anilines is 1. The molecule has 1 heterocycles. The van der Waals surface area contributed by atoms with Crippen LogP contribution in [0.5, 0.6) is 0 Å². The third-order valence-electron chi connectivity index (χ3n) is 4.42. The molecule has 0 bridgehead atoms. The lowest BCUT2D eigenvalue weighted by Gasteiger charge is -2.42. The van der Waals surface area contributed by atoms with E-state index in [-0.39, 0.29) is 0 Å². The number of piperazine rings is 1. The molecular formula is C16H25BrN2. The molecule has 1 saturated heterocycles. The number of aryl methyl sites for hydroxylation is 1. The van der Waals surface area contributed by atoms with Gasteiger partial charge in [0.05, 0.1) is 0 Å². The Morgan fingerprint density at radius 1 is 1.47 bits per heavy atom. The Balaban J connectivity index is 2.18. The van der Waals surface area contributed by atoms with Crippen LogP contribution in [-0.4, -0.2) is 25.2 Å². The van der Waals surface area contributed by atoms with Gasteiger partial charge in [-0.05, 0) is 37.5 Å². The summed E-state index contributed by atoms with van der Waals surface area (Å²) in [5.74, 6) is 0.726. The van der Waals surface area contributed by atoms with Gasteiger partial charge in [0, 0.05) is 35.3 Å². The van der Waals surface area contributed by atoms with Crippen molar-refractivity contribution in [2.45, 2.75) is 46.2 Å². The van der Waals surface area contributed by atoms with Gasteiger partial charge in [-0.2, -0.15) is 0 Å². The van der Waals surface area contributed by atoms with Crippen molar-refractivity contribution in [3.05, 3.63) is 28.2 Å². The monoisotopic (exact) mass is 324 g/mol. The van der Waals surface area contributed by atoms with Crippen LogP contribution in [0, 0.1) is 12.8 Å². The van der Waals surface area contributed by atoms with Crippen LogP contribution in [-0.2, 0) is 0 Å². The Hall–Kier alpha value is -0.540. The summed E-state index contributed by atoms with van der Waals surface area (Å²) >= 11 is 3.65. The molecule has 0 spiro atoms. The highest BCUT2D eigenvalue weighted by atomic mass is 79.9. The second kappa shape index (κ2) is 6.27. The van der Waals surface area contributed by atoms with E-state index in [4.69, 9.17) is 0 Å². The van der Waals surface area contributed by atoms with Crippen molar-refractivity contribution < 1.29 is 0 Å². The number of halogens is 1. The minimum absolute atomic E-state index is 0.551. The molecule has 1 fully saturated rings. The van der Waals surface area contributed by atoms with Crippen LogP contribution >= 0.6 is 15.9 Å². The predicted octanol–water partition coefficient (Wildman–Crippen LogP) is 3.97. The second-order valence-corrected chi connectivity index (χ2v) is 6.69. The molecule has 0 aromatic heterocycles. The lowest BCUT2D eigenvalue weighted by atomic mass is 9.95. The summed E-state index contributed by atoms with van der Waals surface area (Å²) in [5.41, 5.74) is 2.63. The first-order valence-electron chi connectivity index (χ1n) is 7.29. The van der Waals surface area contributed by atoms with Crippen LogP contribution in [0.1, 0.15) is 32.8 Å². The van der Waals surface area contributed by atoms with E-state index in [0.29, 0.717) is 12.1 Å². The minimum Gasteiger partial charge on any atom is -0.366 e. The van der Waals surface area contributed by atoms with Gasteiger partial charge in [0.1, 0.15) is 0 Å². The van der Waals surface area contributed by atoms with E-state index in [0.717, 1.165) is 19.0 Å². The molecule has 3 heteroatoms. The Labute approximate surface area is 125 Å². The topological polar surface area (TPSA) is 15.3 Å². The SMILES string of the molecule is CCC(C)C1CN(c2ccc(C)c(Br)c2)C(C)CN1. The molecule has 106 valence electrons. The lowest BCUT2D eigenvalue weighted by molar-refractivity contribution is 0.316. The summed E-state index contributed by atoms with van der Waals surface area (Å²) in [6.45, 7) is 11.2. The van der Waals surface area contributed by atoms with Gasteiger partial charge in [-0.15, -0.1) is 0 Å². The Kier molecular flexibility index (Phi) is 4.91. The molecule has 1 aromatic rings. The first kappa shape index (κ1) is 14.9. The number of hydrogen-bond acceptors (Lipinski definition) is 2. The Morgan fingerprint density at radius 2 is 2.21 bits per heavy atom. The molecule has 2 nitrogen and oxygen atoms in total. The standard InChI is InChI=1S/C16H25BrN2/c1-5-11(2)16-10-19(13(4)9-18-16)14-7-6-12(3)15(17)8-14/h6-8,11,13,16,18H,5,9-10H2,1-4H3. The zero-order valence-electron chi connectivity index (χ0n) is 12.4. The molecule has 1 aliphatic rings. The zero-order chi connectivity index (χ0) is 14.0. The van der Waals surface area contributed by atoms with Gasteiger partial charge in [0.2, 0.25) is 0 Å². The highest BCUT2D eigenvalue weighted by molar-refractivity contribution is 9.10. The average molecular weight is 325 g/mol. The van der Waals surface area contributed by atoms with Crippen LogP contribution in [0.25, 0.3) is 0 Å². The zero-order valence-corrected chi connectivity index (χ0v) is 14.0. The van der Waals surface area contributed by atoms with Crippen LogP contribution in [0.3, 0.4) is 0 Å². The van der Waals surface area contributed by atoms with Crippen molar-refractivity contribution in [2.75, 3.05) is 18.0 Å². The molecule has 1 aromatic carbocycles. The summed E-state index contributed by atoms with van der Waals surface area (Å²) in [6, 6.07) is 7.85. The quantitative estimate of drug-likeness (QED) is 0.905. The van der Waals surface area contributed by atoms with Gasteiger partial charge < -0.3 is 10.2 Å². The van der Waals surface area contributed by atoms with Gasteiger partial charge in [0.15, 0.2) is 0 Å². The molecule has 0 amide bonds. The maximum atomic E-state index is 3.69. The minimum atomic E-state index is 0.551. The van der Waals surface area contributed by atoms with Crippen LogP contribution in [0.15, 0.2) is 22.7 Å². The third kappa shape index (κ3) is 3.32. The number of benzene rings is 1. The van der Waals surface area contributed by atoms with Gasteiger partial charge >= 0.3 is 0 Å². The third-order valence-corrected chi connectivity index (χ3v) is 5.27. The molecule has 1 aliphatic heterocycles. The van der Waals surface area contributed by atoms with Crippen LogP contribution in [0.4, 0.5) is 5.69 Å². The van der Waals surface area contributed by atoms with Crippen molar-refractivity contribution in [1.82, 2.24) is 5.32 Å². The van der Waals surface area contributed by atoms with E-state index in [9.17, 15) is 0 Å². The molecule has 3 atom stereocenters. The molecule has 3 unspecified atom stereocenters. The molecule has 2 rings (SSSR count). The Bertz CT molecular complexity index is 433. The maximum Gasteiger partial charge on any atom is 0.0387 e. The van der Waals surface area contributed by atoms with Crippen LogP contribution in [0.2, 0.25) is 0 Å². The number of rotatable bonds is 3. The smallest absolute Gasteiger partial charge is 0.0387 e. The second-order valence-electron chi connectivity index (χ2n) is 5.84. The van der Waals surface area contributed by atoms with Crippen molar-refractivity contribution in [3.8, 4) is 0 Å². The Morgan fingerprint density at radius 3 is 2.84 bits per heavy atom. The number of nitrogens with zero attached hydrogens (tertiary/aromatic N) is 1. The van der Waals surface area contributed by atoms with Gasteiger partial charge in [-0.3, -0.25) is 0 Å². The van der Waals surface area contributed by atoms with Crippen molar-refractivity contribution >= 4 is 21.6 Å². The summed E-state index contributed by atoms with van der Waals surface area (Å²) in [5, 5.41) is 3.69. The molecule has 0 saturated carbocycles. The van der Waals surface area contributed by atoms with Gasteiger partial charge in [-0.25, -0.2) is 0 Å². The summed E-state index contributed by atoms with van der Waals surface area (Å²) < 4.78 is 1.20. The predicted molar refractivity (Wildman–Crippen MR) is 86.9 cm³/mol. The fourth-order valence-corrected chi connectivity index (χ4v) is 3.04. The lowest BCUT2D eigenvalue weighted by Crippen LogP contribution is -2.57. The van der Waals surface area contributed by atoms with E-state index in [2.05, 4.69) is 72.0 Å². The first-order valence-corrected chi connectivity index (χ1v) is 8.08. The molecule has 1 N–H and O–H groups in total. The van der Waals surface area contributed by atoms with Crippen molar-refractivity contribution in [2.24, 2.45) is 5.92 Å². The van der Waals surface area contributed by atoms with E-state index >= 15 is 0 Å².